The van der Waals surface area contributed by atoms with E-state index in [0.717, 1.165) is 16.9 Å². The molecule has 3 N–H and O–H groups in total. The highest BCUT2D eigenvalue weighted by atomic mass is 19.1. The number of nitrogens with two attached hydrogens (primary N) is 1. The standard InChI is InChI=1S/C15H17FN2O/c1-10-6-7-14(19-2)11(8-10)9-18-15-12(16)4-3-5-13(15)17/h3-8,18H,9,17H2,1-2H3. The lowest BCUT2D eigenvalue weighted by atomic mass is 10.1. The van der Waals surface area contributed by atoms with Crippen molar-refractivity contribution in [2.45, 2.75) is 13.5 Å². The van der Waals surface area contributed by atoms with Crippen LogP contribution in [-0.2, 0) is 6.54 Å². The molecule has 0 aromatic heterocycles. The van der Waals surface area contributed by atoms with E-state index in [4.69, 9.17) is 10.5 Å². The van der Waals surface area contributed by atoms with E-state index in [1.807, 2.05) is 25.1 Å². The van der Waals surface area contributed by atoms with Crippen LogP contribution in [0.15, 0.2) is 36.4 Å². The number of hydrogen-bond donors (Lipinski definition) is 2. The van der Waals surface area contributed by atoms with Gasteiger partial charge in [0.2, 0.25) is 0 Å². The number of methoxy groups -OCH3 is 1. The Morgan fingerprint density at radius 3 is 2.74 bits per heavy atom. The average Bonchev–Trinajstić information content (AvgIpc) is 2.38. The fourth-order valence-electron chi connectivity index (χ4n) is 1.96. The van der Waals surface area contributed by atoms with Gasteiger partial charge in [-0.15, -0.1) is 0 Å². The number of hydrogen-bond acceptors (Lipinski definition) is 3. The molecule has 4 heteroatoms. The van der Waals surface area contributed by atoms with Crippen molar-refractivity contribution < 1.29 is 9.13 Å². The molecule has 0 atom stereocenters. The summed E-state index contributed by atoms with van der Waals surface area (Å²) in [7, 11) is 1.62. The minimum absolute atomic E-state index is 0.325. The highest BCUT2D eigenvalue weighted by Crippen LogP contribution is 2.25. The number of halogens is 1. The van der Waals surface area contributed by atoms with Gasteiger partial charge in [0.25, 0.3) is 0 Å². The largest absolute Gasteiger partial charge is 0.496 e. The summed E-state index contributed by atoms with van der Waals surface area (Å²) >= 11 is 0. The van der Waals surface area contributed by atoms with Crippen LogP contribution in [0.4, 0.5) is 15.8 Å². The average molecular weight is 260 g/mol. The van der Waals surface area contributed by atoms with Crippen molar-refractivity contribution in [1.82, 2.24) is 0 Å². The maximum absolute atomic E-state index is 13.6. The number of anilines is 2. The van der Waals surface area contributed by atoms with Gasteiger partial charge in [-0.05, 0) is 25.1 Å². The van der Waals surface area contributed by atoms with Gasteiger partial charge < -0.3 is 15.8 Å². The first-order chi connectivity index (χ1) is 9.11. The number of rotatable bonds is 4. The third kappa shape index (κ3) is 2.96. The van der Waals surface area contributed by atoms with Crippen LogP contribution in [0, 0.1) is 12.7 Å². The second kappa shape index (κ2) is 5.61. The molecule has 100 valence electrons. The normalized spacial score (nSPS) is 10.3. The first-order valence-corrected chi connectivity index (χ1v) is 6.03. The summed E-state index contributed by atoms with van der Waals surface area (Å²) in [6, 6.07) is 10.5. The van der Waals surface area contributed by atoms with Crippen molar-refractivity contribution in [2.75, 3.05) is 18.2 Å². The van der Waals surface area contributed by atoms with Crippen LogP contribution < -0.4 is 15.8 Å². The van der Waals surface area contributed by atoms with Crippen LogP contribution in [-0.4, -0.2) is 7.11 Å². The molecule has 0 radical (unpaired) electrons. The molecule has 0 aliphatic heterocycles. The Bertz CT molecular complexity index is 564. The van der Waals surface area contributed by atoms with Gasteiger partial charge in [-0.25, -0.2) is 4.39 Å². The summed E-state index contributed by atoms with van der Waals surface area (Å²) in [5.41, 5.74) is 8.56. The molecule has 0 saturated heterocycles. The molecule has 0 aliphatic rings. The summed E-state index contributed by atoms with van der Waals surface area (Å²) in [5.74, 6) is 0.416. The van der Waals surface area contributed by atoms with Gasteiger partial charge >= 0.3 is 0 Å². The SMILES string of the molecule is COc1ccc(C)cc1CNc1c(N)cccc1F. The van der Waals surface area contributed by atoms with E-state index in [-0.39, 0.29) is 5.82 Å². The van der Waals surface area contributed by atoms with E-state index in [0.29, 0.717) is 17.9 Å². The predicted molar refractivity (Wildman–Crippen MR) is 75.9 cm³/mol. The molecular formula is C15H17FN2O. The van der Waals surface area contributed by atoms with E-state index in [1.54, 1.807) is 19.2 Å². The third-order valence-corrected chi connectivity index (χ3v) is 2.94. The Hall–Kier alpha value is -2.23. The maximum Gasteiger partial charge on any atom is 0.148 e. The molecule has 19 heavy (non-hydrogen) atoms. The van der Waals surface area contributed by atoms with Gasteiger partial charge in [0.1, 0.15) is 11.6 Å². The smallest absolute Gasteiger partial charge is 0.148 e. The molecule has 0 fully saturated rings. The zero-order valence-corrected chi connectivity index (χ0v) is 11.0. The van der Waals surface area contributed by atoms with Gasteiger partial charge in [0, 0.05) is 12.1 Å². The lowest BCUT2D eigenvalue weighted by Gasteiger charge is -2.13. The van der Waals surface area contributed by atoms with Crippen LogP contribution in [0.5, 0.6) is 5.75 Å². The number of ether oxygens (including phenoxy) is 1. The van der Waals surface area contributed by atoms with Crippen molar-refractivity contribution in [1.29, 1.82) is 0 Å². The number of para-hydroxylation sites is 1. The van der Waals surface area contributed by atoms with Crippen molar-refractivity contribution in [3.8, 4) is 5.75 Å². The van der Waals surface area contributed by atoms with Gasteiger partial charge in [-0.1, -0.05) is 23.8 Å². The lowest BCUT2D eigenvalue weighted by Crippen LogP contribution is -2.06. The number of aryl methyl sites for hydroxylation is 1. The van der Waals surface area contributed by atoms with Crippen molar-refractivity contribution in [2.24, 2.45) is 0 Å². The number of nitrogen functional groups attached to an aromatic ring is 1. The summed E-state index contributed by atoms with van der Waals surface area (Å²) < 4.78 is 18.9. The quantitative estimate of drug-likeness (QED) is 0.829. The second-order valence-electron chi connectivity index (χ2n) is 4.37. The van der Waals surface area contributed by atoms with Crippen molar-refractivity contribution in [3.05, 3.63) is 53.3 Å². The van der Waals surface area contributed by atoms with Crippen molar-refractivity contribution >= 4 is 11.4 Å². The van der Waals surface area contributed by atoms with Crippen LogP contribution >= 0.6 is 0 Å². The Kier molecular flexibility index (Phi) is 3.90. The minimum Gasteiger partial charge on any atom is -0.496 e. The number of nitrogens with one attached hydrogen (secondary N) is 1. The van der Waals surface area contributed by atoms with Crippen molar-refractivity contribution in [3.63, 3.8) is 0 Å². The van der Waals surface area contributed by atoms with Gasteiger partial charge in [-0.3, -0.25) is 0 Å². The maximum atomic E-state index is 13.6. The Labute approximate surface area is 112 Å². The summed E-state index contributed by atoms with van der Waals surface area (Å²) in [5, 5.41) is 3.02. The predicted octanol–water partition coefficient (Wildman–Crippen LogP) is 3.34. The van der Waals surface area contributed by atoms with Gasteiger partial charge in [-0.2, -0.15) is 0 Å². The van der Waals surface area contributed by atoms with Crippen LogP contribution in [0.2, 0.25) is 0 Å². The Morgan fingerprint density at radius 2 is 2.05 bits per heavy atom. The van der Waals surface area contributed by atoms with E-state index < -0.39 is 0 Å². The second-order valence-corrected chi connectivity index (χ2v) is 4.37. The molecule has 0 amide bonds. The van der Waals surface area contributed by atoms with E-state index >= 15 is 0 Å². The minimum atomic E-state index is -0.355. The van der Waals surface area contributed by atoms with E-state index in [9.17, 15) is 4.39 Å². The molecule has 2 aromatic rings. The summed E-state index contributed by atoms with van der Waals surface area (Å²) in [6.45, 7) is 2.45. The lowest BCUT2D eigenvalue weighted by molar-refractivity contribution is 0.410. The summed E-state index contributed by atoms with van der Waals surface area (Å²) in [6.07, 6.45) is 0. The molecule has 0 aliphatic carbocycles. The fraction of sp³-hybridized carbons (Fsp3) is 0.200. The van der Waals surface area contributed by atoms with Crippen LogP contribution in [0.25, 0.3) is 0 Å². The zero-order chi connectivity index (χ0) is 13.8. The molecule has 0 saturated carbocycles. The Morgan fingerprint density at radius 1 is 1.26 bits per heavy atom. The fourth-order valence-corrected chi connectivity index (χ4v) is 1.96. The first-order valence-electron chi connectivity index (χ1n) is 6.03. The molecular weight excluding hydrogens is 243 g/mol. The van der Waals surface area contributed by atoms with Crippen LogP contribution in [0.1, 0.15) is 11.1 Å². The summed E-state index contributed by atoms with van der Waals surface area (Å²) in [4.78, 5) is 0. The molecule has 0 heterocycles. The molecule has 0 bridgehead atoms. The highest BCUT2D eigenvalue weighted by Gasteiger charge is 2.08. The van der Waals surface area contributed by atoms with E-state index in [2.05, 4.69) is 5.32 Å². The first kappa shape index (κ1) is 13.2. The topological polar surface area (TPSA) is 47.3 Å². The Balaban J connectivity index is 2.21. The van der Waals surface area contributed by atoms with Crippen LogP contribution in [0.3, 0.4) is 0 Å². The van der Waals surface area contributed by atoms with E-state index in [1.165, 1.54) is 6.07 Å². The molecule has 0 spiro atoms. The molecule has 0 unspecified atom stereocenters. The van der Waals surface area contributed by atoms with Gasteiger partial charge in [0.05, 0.1) is 18.5 Å². The zero-order valence-electron chi connectivity index (χ0n) is 11.0. The molecule has 3 nitrogen and oxygen atoms in total. The van der Waals surface area contributed by atoms with Gasteiger partial charge in [0.15, 0.2) is 0 Å². The third-order valence-electron chi connectivity index (χ3n) is 2.94. The highest BCUT2D eigenvalue weighted by molar-refractivity contribution is 5.66. The molecule has 2 rings (SSSR count). The monoisotopic (exact) mass is 260 g/mol. The molecule has 2 aromatic carbocycles. The number of benzene rings is 2.